The smallest absolute Gasteiger partial charge is 0.407 e. The van der Waals surface area contributed by atoms with Gasteiger partial charge in [-0.3, -0.25) is 0 Å². The van der Waals surface area contributed by atoms with Crippen molar-refractivity contribution in [3.05, 3.63) is 35.9 Å². The second-order valence-electron chi connectivity index (χ2n) is 8.59. The molecule has 5 atom stereocenters. The molecule has 1 amide bonds. The van der Waals surface area contributed by atoms with Gasteiger partial charge in [-0.15, -0.1) is 0 Å². The molecule has 3 rings (SSSR count). The van der Waals surface area contributed by atoms with Crippen LogP contribution in [0.5, 0.6) is 0 Å². The fraction of sp³-hybridized carbons (Fsp3) is 0.682. The standard InChI is InChI=1S/C22H34N2O5/c1-15(2)12-24(3)13-19(25)18(11-16-7-5-4-6-8-16)23-22(26)29-20-14-28-21-17(20)9-10-27-21/h4-8,15,17-21,25H,9-14H2,1-3H3,(H,23,26)/t17-,18+,19-,20-,21+/m1/s1. The van der Waals surface area contributed by atoms with Gasteiger partial charge < -0.3 is 29.5 Å². The highest BCUT2D eigenvalue weighted by Gasteiger charge is 2.44. The maximum Gasteiger partial charge on any atom is 0.407 e. The number of likely N-dealkylation sites (N-methyl/N-ethyl adjacent to an activating group) is 1. The van der Waals surface area contributed by atoms with E-state index in [2.05, 4.69) is 24.1 Å². The van der Waals surface area contributed by atoms with Gasteiger partial charge in [0.2, 0.25) is 0 Å². The maximum absolute atomic E-state index is 12.6. The van der Waals surface area contributed by atoms with Gasteiger partial charge in [-0.2, -0.15) is 0 Å². The van der Waals surface area contributed by atoms with Gasteiger partial charge in [0.05, 0.1) is 31.3 Å². The van der Waals surface area contributed by atoms with Crippen molar-refractivity contribution >= 4 is 6.09 Å². The number of carbonyl (C=O) groups is 1. The molecule has 2 N–H and O–H groups in total. The summed E-state index contributed by atoms with van der Waals surface area (Å²) in [4.78, 5) is 14.7. The summed E-state index contributed by atoms with van der Waals surface area (Å²) in [5.41, 5.74) is 1.05. The van der Waals surface area contributed by atoms with Crippen LogP contribution in [0.4, 0.5) is 4.79 Å². The molecule has 0 aliphatic carbocycles. The lowest BCUT2D eigenvalue weighted by molar-refractivity contribution is -0.0907. The summed E-state index contributed by atoms with van der Waals surface area (Å²) in [5.74, 6) is 0.595. The predicted molar refractivity (Wildman–Crippen MR) is 109 cm³/mol. The number of hydrogen-bond donors (Lipinski definition) is 2. The maximum atomic E-state index is 12.6. The number of alkyl carbamates (subject to hydrolysis) is 1. The third kappa shape index (κ3) is 6.40. The molecule has 1 aromatic rings. The highest BCUT2D eigenvalue weighted by atomic mass is 16.7. The fourth-order valence-electron chi connectivity index (χ4n) is 4.17. The number of nitrogens with zero attached hydrogens (tertiary/aromatic N) is 1. The molecule has 0 radical (unpaired) electrons. The molecule has 0 bridgehead atoms. The molecule has 1 aromatic carbocycles. The number of aliphatic hydroxyl groups excluding tert-OH is 1. The Hall–Kier alpha value is -1.67. The molecule has 162 valence electrons. The number of benzene rings is 1. The summed E-state index contributed by atoms with van der Waals surface area (Å²) >= 11 is 0. The molecule has 0 spiro atoms. The highest BCUT2D eigenvalue weighted by Crippen LogP contribution is 2.33. The number of fused-ring (bicyclic) bond motifs is 1. The van der Waals surface area contributed by atoms with Gasteiger partial charge in [0, 0.05) is 13.1 Å². The van der Waals surface area contributed by atoms with Gasteiger partial charge in [0.1, 0.15) is 6.10 Å². The van der Waals surface area contributed by atoms with Crippen molar-refractivity contribution in [3.8, 4) is 0 Å². The van der Waals surface area contributed by atoms with Gasteiger partial charge >= 0.3 is 6.09 Å². The van der Waals surface area contributed by atoms with Crippen LogP contribution >= 0.6 is 0 Å². The molecule has 2 fully saturated rings. The monoisotopic (exact) mass is 406 g/mol. The van der Waals surface area contributed by atoms with Crippen LogP contribution in [0.1, 0.15) is 25.8 Å². The van der Waals surface area contributed by atoms with E-state index in [0.29, 0.717) is 32.1 Å². The number of ether oxygens (including phenoxy) is 3. The topological polar surface area (TPSA) is 80.3 Å². The summed E-state index contributed by atoms with van der Waals surface area (Å²) in [5, 5.41) is 13.8. The number of aliphatic hydroxyl groups is 1. The Bertz CT molecular complexity index is 641. The summed E-state index contributed by atoms with van der Waals surface area (Å²) in [6.07, 6.45) is -0.433. The lowest BCUT2D eigenvalue weighted by Gasteiger charge is -2.29. The largest absolute Gasteiger partial charge is 0.443 e. The predicted octanol–water partition coefficient (Wildman–Crippen LogP) is 2.03. The third-order valence-electron chi connectivity index (χ3n) is 5.49. The minimum absolute atomic E-state index is 0.0930. The van der Waals surface area contributed by atoms with Gasteiger partial charge in [-0.1, -0.05) is 44.2 Å². The van der Waals surface area contributed by atoms with Crippen LogP contribution in [0.25, 0.3) is 0 Å². The Labute approximate surface area is 173 Å². The third-order valence-corrected chi connectivity index (χ3v) is 5.49. The van der Waals surface area contributed by atoms with Crippen molar-refractivity contribution < 1.29 is 24.1 Å². The Kier molecular flexibility index (Phi) is 7.89. The average Bonchev–Trinajstić information content (AvgIpc) is 3.26. The zero-order valence-electron chi connectivity index (χ0n) is 17.6. The van der Waals surface area contributed by atoms with Crippen molar-refractivity contribution in [2.45, 2.75) is 51.2 Å². The molecule has 2 heterocycles. The first-order valence-electron chi connectivity index (χ1n) is 10.5. The molecule has 0 saturated carbocycles. The molecule has 29 heavy (non-hydrogen) atoms. The van der Waals surface area contributed by atoms with Crippen LogP contribution in [0, 0.1) is 11.8 Å². The average molecular weight is 407 g/mol. The van der Waals surface area contributed by atoms with E-state index in [1.807, 2.05) is 37.4 Å². The van der Waals surface area contributed by atoms with Gasteiger partial charge in [0.15, 0.2) is 6.29 Å². The number of rotatable bonds is 9. The molecule has 0 unspecified atom stereocenters. The molecular weight excluding hydrogens is 372 g/mol. The van der Waals surface area contributed by atoms with Crippen LogP contribution in [-0.4, -0.2) is 74.0 Å². The van der Waals surface area contributed by atoms with Crippen molar-refractivity contribution in [3.63, 3.8) is 0 Å². The number of carbonyl (C=O) groups excluding carboxylic acids is 1. The molecular formula is C22H34N2O5. The van der Waals surface area contributed by atoms with Crippen LogP contribution in [0.2, 0.25) is 0 Å². The van der Waals surface area contributed by atoms with E-state index in [1.165, 1.54) is 0 Å². The summed E-state index contributed by atoms with van der Waals surface area (Å²) in [6, 6.07) is 9.41. The summed E-state index contributed by atoms with van der Waals surface area (Å²) in [6.45, 7) is 6.62. The van der Waals surface area contributed by atoms with E-state index in [9.17, 15) is 9.90 Å². The van der Waals surface area contributed by atoms with E-state index in [0.717, 1.165) is 18.5 Å². The second kappa shape index (κ2) is 10.4. The highest BCUT2D eigenvalue weighted by molar-refractivity contribution is 5.68. The summed E-state index contributed by atoms with van der Waals surface area (Å²) in [7, 11) is 1.98. The number of hydrogen-bond acceptors (Lipinski definition) is 6. The molecule has 2 saturated heterocycles. The van der Waals surface area contributed by atoms with Crippen LogP contribution < -0.4 is 5.32 Å². The van der Waals surface area contributed by atoms with Crippen molar-refractivity contribution in [2.24, 2.45) is 11.8 Å². The van der Waals surface area contributed by atoms with Crippen LogP contribution in [-0.2, 0) is 20.6 Å². The second-order valence-corrected chi connectivity index (χ2v) is 8.59. The first-order valence-corrected chi connectivity index (χ1v) is 10.5. The van der Waals surface area contributed by atoms with Crippen LogP contribution in [0.15, 0.2) is 30.3 Å². The van der Waals surface area contributed by atoms with Crippen molar-refractivity contribution in [1.82, 2.24) is 10.2 Å². The first kappa shape index (κ1) is 22.0. The molecule has 2 aliphatic rings. The first-order chi connectivity index (χ1) is 13.9. The van der Waals surface area contributed by atoms with E-state index in [4.69, 9.17) is 14.2 Å². The van der Waals surface area contributed by atoms with Crippen molar-refractivity contribution in [2.75, 3.05) is 33.4 Å². The molecule has 2 aliphatic heterocycles. The number of amides is 1. The van der Waals surface area contributed by atoms with E-state index < -0.39 is 18.2 Å². The SMILES string of the molecule is CC(C)CN(C)C[C@@H](O)[C@H](Cc1ccccc1)NC(=O)O[C@@H]1CO[C@@H]2OCC[C@@H]21. The molecule has 7 nitrogen and oxygen atoms in total. The van der Waals surface area contributed by atoms with Crippen LogP contribution in [0.3, 0.4) is 0 Å². The lowest BCUT2D eigenvalue weighted by atomic mass is 10.0. The van der Waals surface area contributed by atoms with E-state index in [1.54, 1.807) is 0 Å². The molecule has 7 heteroatoms. The molecule has 0 aromatic heterocycles. The minimum atomic E-state index is -0.714. The van der Waals surface area contributed by atoms with Gasteiger partial charge in [-0.25, -0.2) is 4.79 Å². The zero-order valence-corrected chi connectivity index (χ0v) is 17.6. The fourth-order valence-corrected chi connectivity index (χ4v) is 4.17. The van der Waals surface area contributed by atoms with Gasteiger partial charge in [0.25, 0.3) is 0 Å². The Morgan fingerprint density at radius 1 is 1.28 bits per heavy atom. The zero-order chi connectivity index (χ0) is 20.8. The van der Waals surface area contributed by atoms with Gasteiger partial charge in [-0.05, 0) is 31.4 Å². The normalized spacial score (nSPS) is 25.8. The Morgan fingerprint density at radius 2 is 2.03 bits per heavy atom. The Morgan fingerprint density at radius 3 is 2.76 bits per heavy atom. The van der Waals surface area contributed by atoms with Crippen molar-refractivity contribution in [1.29, 1.82) is 0 Å². The minimum Gasteiger partial charge on any atom is -0.443 e. The Balaban J connectivity index is 1.59. The van der Waals surface area contributed by atoms with E-state index >= 15 is 0 Å². The summed E-state index contributed by atoms with van der Waals surface area (Å²) < 4.78 is 16.7. The quantitative estimate of drug-likeness (QED) is 0.653. The van der Waals surface area contributed by atoms with E-state index in [-0.39, 0.29) is 18.3 Å². The lowest BCUT2D eigenvalue weighted by Crippen LogP contribution is -2.50. The number of nitrogens with one attached hydrogen (secondary N) is 1.